The second kappa shape index (κ2) is 4.56. The van der Waals surface area contributed by atoms with Gasteiger partial charge in [0.25, 0.3) is 0 Å². The highest BCUT2D eigenvalue weighted by Crippen LogP contribution is 2.23. The third kappa shape index (κ3) is 2.91. The number of carbonyl (C=O) groups is 1. The van der Waals surface area contributed by atoms with Gasteiger partial charge < -0.3 is 4.52 Å². The standard InChI is InChI=1S/C10H14N2O4S/c1-7(13)5-9-11-10(16-12-9)6-8-3-2-4-17(8,14)15/h8H,2-6H2,1H3. The number of nitrogens with zero attached hydrogens (tertiary/aromatic N) is 2. The molecule has 1 aliphatic heterocycles. The number of rotatable bonds is 4. The van der Waals surface area contributed by atoms with Gasteiger partial charge in [-0.15, -0.1) is 0 Å². The average molecular weight is 258 g/mol. The number of hydrogen-bond donors (Lipinski definition) is 0. The third-order valence-corrected chi connectivity index (χ3v) is 5.06. The summed E-state index contributed by atoms with van der Waals surface area (Å²) in [7, 11) is -2.99. The minimum absolute atomic E-state index is 0.0502. The van der Waals surface area contributed by atoms with Gasteiger partial charge >= 0.3 is 0 Å². The summed E-state index contributed by atoms with van der Waals surface area (Å²) in [5.41, 5.74) is 0. The summed E-state index contributed by atoms with van der Waals surface area (Å²) < 4.78 is 28.2. The maximum atomic E-state index is 11.6. The largest absolute Gasteiger partial charge is 0.339 e. The molecule has 17 heavy (non-hydrogen) atoms. The topological polar surface area (TPSA) is 90.1 Å². The van der Waals surface area contributed by atoms with Gasteiger partial charge in [-0.1, -0.05) is 5.16 Å². The van der Waals surface area contributed by atoms with Crippen LogP contribution in [0.3, 0.4) is 0 Å². The lowest BCUT2D eigenvalue weighted by atomic mass is 10.2. The van der Waals surface area contributed by atoms with Crippen molar-refractivity contribution in [1.82, 2.24) is 10.1 Å². The monoisotopic (exact) mass is 258 g/mol. The molecule has 1 fully saturated rings. The molecule has 0 spiro atoms. The number of aromatic nitrogens is 2. The zero-order chi connectivity index (χ0) is 12.5. The summed E-state index contributed by atoms with van der Waals surface area (Å²) in [5.74, 6) is 0.817. The van der Waals surface area contributed by atoms with Crippen LogP contribution in [-0.2, 0) is 27.5 Å². The van der Waals surface area contributed by atoms with Crippen LogP contribution in [0.1, 0.15) is 31.5 Å². The van der Waals surface area contributed by atoms with E-state index in [-0.39, 0.29) is 24.4 Å². The molecule has 94 valence electrons. The highest BCUT2D eigenvalue weighted by molar-refractivity contribution is 7.92. The molecule has 0 N–H and O–H groups in total. The van der Waals surface area contributed by atoms with E-state index in [1.165, 1.54) is 6.92 Å². The summed E-state index contributed by atoms with van der Waals surface area (Å²) in [6, 6.07) is 0. The van der Waals surface area contributed by atoms with Crippen LogP contribution in [0, 0.1) is 0 Å². The van der Waals surface area contributed by atoms with Crippen LogP contribution in [-0.4, -0.2) is 35.3 Å². The molecule has 1 atom stereocenters. The minimum Gasteiger partial charge on any atom is -0.339 e. The fourth-order valence-electron chi connectivity index (χ4n) is 1.95. The van der Waals surface area contributed by atoms with Crippen molar-refractivity contribution in [3.05, 3.63) is 11.7 Å². The van der Waals surface area contributed by atoms with E-state index in [0.29, 0.717) is 24.6 Å². The second-order valence-corrected chi connectivity index (χ2v) is 6.72. The molecule has 0 saturated carbocycles. The molecular weight excluding hydrogens is 244 g/mol. The van der Waals surface area contributed by atoms with Crippen molar-refractivity contribution in [2.75, 3.05) is 5.75 Å². The Labute approximate surface area is 99.3 Å². The molecule has 1 saturated heterocycles. The smallest absolute Gasteiger partial charge is 0.227 e. The van der Waals surface area contributed by atoms with Crippen LogP contribution < -0.4 is 0 Å². The maximum Gasteiger partial charge on any atom is 0.227 e. The number of hydrogen-bond acceptors (Lipinski definition) is 6. The molecule has 0 bridgehead atoms. The van der Waals surface area contributed by atoms with Crippen molar-refractivity contribution < 1.29 is 17.7 Å². The number of carbonyl (C=O) groups excluding carboxylic acids is 1. The van der Waals surface area contributed by atoms with Crippen molar-refractivity contribution in [2.24, 2.45) is 0 Å². The molecule has 7 heteroatoms. The van der Waals surface area contributed by atoms with E-state index in [0.717, 1.165) is 0 Å². The van der Waals surface area contributed by atoms with Gasteiger partial charge in [0.1, 0.15) is 5.78 Å². The minimum atomic E-state index is -2.99. The second-order valence-electron chi connectivity index (χ2n) is 4.32. The van der Waals surface area contributed by atoms with Crippen molar-refractivity contribution in [1.29, 1.82) is 0 Å². The molecule has 2 heterocycles. The van der Waals surface area contributed by atoms with Crippen molar-refractivity contribution >= 4 is 15.6 Å². The van der Waals surface area contributed by atoms with Gasteiger partial charge in [0.15, 0.2) is 15.7 Å². The molecule has 0 amide bonds. The van der Waals surface area contributed by atoms with Crippen molar-refractivity contribution in [3.63, 3.8) is 0 Å². The van der Waals surface area contributed by atoms with E-state index < -0.39 is 15.1 Å². The fraction of sp³-hybridized carbons (Fsp3) is 0.700. The Morgan fingerprint density at radius 3 is 2.88 bits per heavy atom. The highest BCUT2D eigenvalue weighted by Gasteiger charge is 2.32. The molecule has 6 nitrogen and oxygen atoms in total. The van der Waals surface area contributed by atoms with E-state index in [9.17, 15) is 13.2 Å². The molecule has 1 aromatic heterocycles. The van der Waals surface area contributed by atoms with Gasteiger partial charge in [-0.05, 0) is 19.8 Å². The van der Waals surface area contributed by atoms with E-state index in [1.807, 2.05) is 0 Å². The van der Waals surface area contributed by atoms with Gasteiger partial charge in [0, 0.05) is 6.42 Å². The lowest BCUT2D eigenvalue weighted by Gasteiger charge is -2.04. The maximum absolute atomic E-state index is 11.6. The molecule has 1 unspecified atom stereocenters. The Bertz CT molecular complexity index is 520. The zero-order valence-corrected chi connectivity index (χ0v) is 10.4. The lowest BCUT2D eigenvalue weighted by molar-refractivity contribution is -0.116. The van der Waals surface area contributed by atoms with Gasteiger partial charge in [0.2, 0.25) is 5.89 Å². The van der Waals surface area contributed by atoms with Crippen LogP contribution in [0.15, 0.2) is 4.52 Å². The predicted octanol–water partition coefficient (Wildman–Crippen LogP) is 0.321. The average Bonchev–Trinajstić information content (AvgIpc) is 2.75. The van der Waals surface area contributed by atoms with Crippen LogP contribution in [0.4, 0.5) is 0 Å². The summed E-state index contributed by atoms with van der Waals surface area (Å²) >= 11 is 0. The molecular formula is C10H14N2O4S. The first kappa shape index (κ1) is 12.2. The van der Waals surface area contributed by atoms with E-state index in [2.05, 4.69) is 10.1 Å². The number of Topliss-reactive ketones (excluding diaryl/α,β-unsaturated/α-hetero) is 1. The molecule has 0 radical (unpaired) electrons. The van der Waals surface area contributed by atoms with Crippen LogP contribution >= 0.6 is 0 Å². The SMILES string of the molecule is CC(=O)Cc1noc(CC2CCCS2(=O)=O)n1. The third-order valence-electron chi connectivity index (χ3n) is 2.78. The molecule has 0 aliphatic carbocycles. The zero-order valence-electron chi connectivity index (χ0n) is 9.55. The van der Waals surface area contributed by atoms with E-state index >= 15 is 0 Å². The number of sulfone groups is 1. The van der Waals surface area contributed by atoms with E-state index in [4.69, 9.17) is 4.52 Å². The Morgan fingerprint density at radius 2 is 2.29 bits per heavy atom. The molecule has 1 aromatic rings. The van der Waals surface area contributed by atoms with Gasteiger partial charge in [-0.2, -0.15) is 4.98 Å². The van der Waals surface area contributed by atoms with Gasteiger partial charge in [-0.3, -0.25) is 4.79 Å². The summed E-state index contributed by atoms with van der Waals surface area (Å²) in [6.07, 6.45) is 1.72. The number of ketones is 1. The quantitative estimate of drug-likeness (QED) is 0.772. The highest BCUT2D eigenvalue weighted by atomic mass is 32.2. The first-order valence-corrected chi connectivity index (χ1v) is 7.21. The first-order valence-electron chi connectivity index (χ1n) is 5.50. The Kier molecular flexibility index (Phi) is 3.28. The van der Waals surface area contributed by atoms with Crippen molar-refractivity contribution in [3.8, 4) is 0 Å². The Balaban J connectivity index is 2.04. The fourth-order valence-corrected chi connectivity index (χ4v) is 3.77. The Hall–Kier alpha value is -1.24. The Morgan fingerprint density at radius 1 is 1.53 bits per heavy atom. The van der Waals surface area contributed by atoms with Crippen molar-refractivity contribution in [2.45, 2.75) is 37.9 Å². The summed E-state index contributed by atoms with van der Waals surface area (Å²) in [4.78, 5) is 14.9. The molecule has 2 rings (SSSR count). The van der Waals surface area contributed by atoms with Crippen LogP contribution in [0.25, 0.3) is 0 Å². The van der Waals surface area contributed by atoms with Crippen LogP contribution in [0.2, 0.25) is 0 Å². The van der Waals surface area contributed by atoms with E-state index in [1.54, 1.807) is 0 Å². The predicted molar refractivity (Wildman–Crippen MR) is 59.2 cm³/mol. The summed E-state index contributed by atoms with van der Waals surface area (Å²) in [6.45, 7) is 1.44. The molecule has 0 aromatic carbocycles. The van der Waals surface area contributed by atoms with Gasteiger partial charge in [0.05, 0.1) is 17.4 Å². The normalized spacial score (nSPS) is 22.8. The van der Waals surface area contributed by atoms with Gasteiger partial charge in [-0.25, -0.2) is 8.42 Å². The first-order chi connectivity index (χ1) is 7.97. The molecule has 1 aliphatic rings. The summed E-state index contributed by atoms with van der Waals surface area (Å²) in [5, 5.41) is 3.24. The van der Waals surface area contributed by atoms with Crippen LogP contribution in [0.5, 0.6) is 0 Å². The lowest BCUT2D eigenvalue weighted by Crippen LogP contribution is -2.18.